The zero-order valence-corrected chi connectivity index (χ0v) is 13.3. The van der Waals surface area contributed by atoms with Crippen LogP contribution >= 0.6 is 11.8 Å². The van der Waals surface area contributed by atoms with Gasteiger partial charge in [-0.15, -0.1) is 11.8 Å². The Morgan fingerprint density at radius 1 is 1.35 bits per heavy atom. The van der Waals surface area contributed by atoms with Crippen LogP contribution in [0.4, 0.5) is 5.69 Å². The Balaban J connectivity index is 2.44. The first kappa shape index (κ1) is 17.0. The average molecular weight is 296 g/mol. The maximum Gasteiger partial charge on any atom is 0.221 e. The van der Waals surface area contributed by atoms with Crippen LogP contribution in [-0.4, -0.2) is 38.0 Å². The van der Waals surface area contributed by atoms with Crippen LogP contribution in [0.2, 0.25) is 0 Å². The third-order valence-electron chi connectivity index (χ3n) is 2.68. The summed E-state index contributed by atoms with van der Waals surface area (Å²) in [4.78, 5) is 12.1. The van der Waals surface area contributed by atoms with Gasteiger partial charge in [-0.25, -0.2) is 0 Å². The van der Waals surface area contributed by atoms with E-state index >= 15 is 0 Å². The quantitative estimate of drug-likeness (QED) is 0.688. The molecule has 20 heavy (non-hydrogen) atoms. The Hall–Kier alpha value is -1.04. The van der Waals surface area contributed by atoms with Gasteiger partial charge in [-0.3, -0.25) is 4.79 Å². The molecule has 1 unspecified atom stereocenters. The van der Waals surface area contributed by atoms with Crippen molar-refractivity contribution >= 4 is 23.4 Å². The smallest absolute Gasteiger partial charge is 0.221 e. The van der Waals surface area contributed by atoms with Crippen LogP contribution in [0.5, 0.6) is 0 Å². The topological polar surface area (TPSA) is 50.4 Å². The molecular weight excluding hydrogens is 272 g/mol. The van der Waals surface area contributed by atoms with E-state index in [4.69, 9.17) is 4.74 Å². The molecule has 0 saturated heterocycles. The standard InChI is InChI=1S/C15H24N2O2S/c1-4-9-16-14(10-19-3)11-20-15-7-5-13(6-8-15)17-12(2)18/h5-8,14,16H,4,9-11H2,1-3H3,(H,17,18). The summed E-state index contributed by atoms with van der Waals surface area (Å²) in [5, 5.41) is 6.24. The lowest BCUT2D eigenvalue weighted by Crippen LogP contribution is -2.35. The maximum atomic E-state index is 10.9. The highest BCUT2D eigenvalue weighted by molar-refractivity contribution is 7.99. The van der Waals surface area contributed by atoms with Gasteiger partial charge in [0.15, 0.2) is 0 Å². The number of carbonyl (C=O) groups is 1. The number of ether oxygens (including phenoxy) is 1. The van der Waals surface area contributed by atoms with Crippen LogP contribution < -0.4 is 10.6 Å². The van der Waals surface area contributed by atoms with Crippen molar-refractivity contribution in [3.63, 3.8) is 0 Å². The molecule has 0 saturated carbocycles. The molecule has 0 aromatic heterocycles. The van der Waals surface area contributed by atoms with E-state index in [-0.39, 0.29) is 5.91 Å². The predicted molar refractivity (Wildman–Crippen MR) is 85.4 cm³/mol. The second-order valence-electron chi connectivity index (χ2n) is 4.62. The summed E-state index contributed by atoms with van der Waals surface area (Å²) in [5.74, 6) is 0.919. The molecule has 5 heteroatoms. The minimum absolute atomic E-state index is 0.0469. The Morgan fingerprint density at radius 3 is 2.60 bits per heavy atom. The van der Waals surface area contributed by atoms with Crippen molar-refractivity contribution in [2.24, 2.45) is 0 Å². The van der Waals surface area contributed by atoms with E-state index in [1.165, 1.54) is 11.8 Å². The summed E-state index contributed by atoms with van der Waals surface area (Å²) in [6, 6.07) is 8.27. The number of rotatable bonds is 9. The van der Waals surface area contributed by atoms with E-state index in [9.17, 15) is 4.79 Å². The highest BCUT2D eigenvalue weighted by atomic mass is 32.2. The summed E-state index contributed by atoms with van der Waals surface area (Å²) in [7, 11) is 1.73. The van der Waals surface area contributed by atoms with Gasteiger partial charge in [0.1, 0.15) is 0 Å². The molecule has 1 aromatic carbocycles. The van der Waals surface area contributed by atoms with Gasteiger partial charge in [-0.05, 0) is 37.2 Å². The van der Waals surface area contributed by atoms with Crippen LogP contribution in [0.25, 0.3) is 0 Å². The fourth-order valence-corrected chi connectivity index (χ4v) is 2.69. The van der Waals surface area contributed by atoms with Gasteiger partial charge in [-0.1, -0.05) is 6.92 Å². The largest absolute Gasteiger partial charge is 0.383 e. The molecule has 0 fully saturated rings. The normalized spacial score (nSPS) is 12.2. The number of amides is 1. The predicted octanol–water partition coefficient (Wildman–Crippen LogP) is 2.75. The Morgan fingerprint density at radius 2 is 2.05 bits per heavy atom. The summed E-state index contributed by atoms with van der Waals surface area (Å²) in [6.07, 6.45) is 1.12. The lowest BCUT2D eigenvalue weighted by molar-refractivity contribution is -0.114. The second kappa shape index (κ2) is 9.80. The van der Waals surface area contributed by atoms with Crippen LogP contribution in [0.3, 0.4) is 0 Å². The van der Waals surface area contributed by atoms with Crippen LogP contribution in [0.1, 0.15) is 20.3 Å². The molecule has 4 nitrogen and oxygen atoms in total. The lowest BCUT2D eigenvalue weighted by atomic mass is 10.3. The van der Waals surface area contributed by atoms with Crippen molar-refractivity contribution in [1.29, 1.82) is 0 Å². The number of anilines is 1. The third-order valence-corrected chi connectivity index (χ3v) is 3.85. The highest BCUT2D eigenvalue weighted by Gasteiger charge is 2.08. The number of thioether (sulfide) groups is 1. The first-order chi connectivity index (χ1) is 9.65. The van der Waals surface area contributed by atoms with Crippen molar-refractivity contribution < 1.29 is 9.53 Å². The van der Waals surface area contributed by atoms with Crippen molar-refractivity contribution in [2.75, 3.05) is 31.3 Å². The Labute approximate surface area is 125 Å². The molecule has 0 aliphatic heterocycles. The number of methoxy groups -OCH3 is 1. The average Bonchev–Trinajstić information content (AvgIpc) is 2.43. The monoisotopic (exact) mass is 296 g/mol. The minimum atomic E-state index is -0.0469. The lowest BCUT2D eigenvalue weighted by Gasteiger charge is -2.17. The van der Waals surface area contributed by atoms with Crippen molar-refractivity contribution in [3.05, 3.63) is 24.3 Å². The molecule has 0 aliphatic rings. The van der Waals surface area contributed by atoms with E-state index in [2.05, 4.69) is 17.6 Å². The molecule has 0 aliphatic carbocycles. The van der Waals surface area contributed by atoms with Crippen LogP contribution in [0, 0.1) is 0 Å². The molecule has 1 rings (SSSR count). The number of carbonyl (C=O) groups excluding carboxylic acids is 1. The molecule has 112 valence electrons. The van der Waals surface area contributed by atoms with Gasteiger partial charge in [0.2, 0.25) is 5.91 Å². The Bertz CT molecular complexity index is 395. The zero-order valence-electron chi connectivity index (χ0n) is 12.4. The summed E-state index contributed by atoms with van der Waals surface area (Å²) >= 11 is 1.79. The SMILES string of the molecule is CCCNC(COC)CSc1ccc(NC(C)=O)cc1. The first-order valence-corrected chi connectivity index (χ1v) is 7.87. The molecule has 1 aromatic rings. The second-order valence-corrected chi connectivity index (χ2v) is 5.72. The van der Waals surface area contributed by atoms with Gasteiger partial charge in [0.25, 0.3) is 0 Å². The summed E-state index contributed by atoms with van der Waals surface area (Å²) in [5.41, 5.74) is 0.833. The molecule has 2 N–H and O–H groups in total. The van der Waals surface area contributed by atoms with Crippen molar-refractivity contribution in [3.8, 4) is 0 Å². The molecule has 1 atom stereocenters. The van der Waals surface area contributed by atoms with Gasteiger partial charge in [0.05, 0.1) is 6.61 Å². The number of hydrogen-bond acceptors (Lipinski definition) is 4. The minimum Gasteiger partial charge on any atom is -0.383 e. The fourth-order valence-electron chi connectivity index (χ4n) is 1.75. The van der Waals surface area contributed by atoms with Gasteiger partial charge >= 0.3 is 0 Å². The van der Waals surface area contributed by atoms with Crippen LogP contribution in [0.15, 0.2) is 29.2 Å². The summed E-state index contributed by atoms with van der Waals surface area (Å²) < 4.78 is 5.23. The van der Waals surface area contributed by atoms with Gasteiger partial charge in [0, 0.05) is 36.4 Å². The molecule has 0 bridgehead atoms. The summed E-state index contributed by atoms with van der Waals surface area (Å²) in [6.45, 7) is 5.40. The molecule has 0 heterocycles. The number of hydrogen-bond donors (Lipinski definition) is 2. The van der Waals surface area contributed by atoms with E-state index < -0.39 is 0 Å². The maximum absolute atomic E-state index is 10.9. The Kier molecular flexibility index (Phi) is 8.34. The van der Waals surface area contributed by atoms with Crippen LogP contribution in [-0.2, 0) is 9.53 Å². The van der Waals surface area contributed by atoms with Crippen molar-refractivity contribution in [1.82, 2.24) is 5.32 Å². The zero-order chi connectivity index (χ0) is 14.8. The molecule has 1 amide bonds. The number of benzene rings is 1. The first-order valence-electron chi connectivity index (χ1n) is 6.88. The third kappa shape index (κ3) is 6.93. The molecule has 0 spiro atoms. The van der Waals surface area contributed by atoms with E-state index in [0.29, 0.717) is 6.04 Å². The highest BCUT2D eigenvalue weighted by Crippen LogP contribution is 2.21. The fraction of sp³-hybridized carbons (Fsp3) is 0.533. The van der Waals surface area contributed by atoms with Crippen molar-refractivity contribution in [2.45, 2.75) is 31.2 Å². The number of nitrogens with one attached hydrogen (secondary N) is 2. The molecule has 0 radical (unpaired) electrons. The van der Waals surface area contributed by atoms with E-state index in [1.807, 2.05) is 24.3 Å². The van der Waals surface area contributed by atoms with Gasteiger partial charge in [-0.2, -0.15) is 0 Å². The van der Waals surface area contributed by atoms with E-state index in [1.54, 1.807) is 18.9 Å². The van der Waals surface area contributed by atoms with E-state index in [0.717, 1.165) is 31.0 Å². The van der Waals surface area contributed by atoms with Gasteiger partial charge < -0.3 is 15.4 Å². The molecular formula is C15H24N2O2S.